The molecule has 2 aliphatic rings. The summed E-state index contributed by atoms with van der Waals surface area (Å²) >= 11 is 0. The lowest BCUT2D eigenvalue weighted by atomic mass is 9.85. The van der Waals surface area contributed by atoms with E-state index in [4.69, 9.17) is 5.11 Å². The molecule has 1 aliphatic heterocycles. The lowest BCUT2D eigenvalue weighted by Gasteiger charge is -2.35. The minimum Gasteiger partial charge on any atom is -0.480 e. The van der Waals surface area contributed by atoms with Crippen molar-refractivity contribution < 1.29 is 19.8 Å². The highest BCUT2D eigenvalue weighted by Crippen LogP contribution is 2.28. The van der Waals surface area contributed by atoms with Gasteiger partial charge < -0.3 is 20.0 Å². The van der Waals surface area contributed by atoms with Gasteiger partial charge in [0, 0.05) is 26.1 Å². The fourth-order valence-corrected chi connectivity index (χ4v) is 2.77. The lowest BCUT2D eigenvalue weighted by Crippen LogP contribution is -2.49. The normalized spacial score (nSPS) is 27.2. The summed E-state index contributed by atoms with van der Waals surface area (Å²) in [5.74, 6) is -0.482. The summed E-state index contributed by atoms with van der Waals surface area (Å²) in [5, 5.41) is 18.7. The minimum atomic E-state index is -1.04. The van der Waals surface area contributed by atoms with Gasteiger partial charge in [-0.1, -0.05) is 6.42 Å². The van der Waals surface area contributed by atoms with Crippen LogP contribution in [-0.4, -0.2) is 63.8 Å². The number of rotatable bonds is 4. The van der Waals surface area contributed by atoms with Crippen LogP contribution in [0.3, 0.4) is 0 Å². The molecule has 0 bridgehead atoms. The molecule has 2 N–H and O–H groups in total. The Morgan fingerprint density at radius 2 is 2.05 bits per heavy atom. The molecule has 1 aliphatic carbocycles. The molecule has 2 rings (SSSR count). The van der Waals surface area contributed by atoms with Gasteiger partial charge >= 0.3 is 12.0 Å². The number of likely N-dealkylation sites (tertiary alicyclic amines) is 1. The highest BCUT2D eigenvalue weighted by molar-refractivity contribution is 5.83. The summed E-state index contributed by atoms with van der Waals surface area (Å²) in [6.45, 7) is 3.30. The Bertz CT molecular complexity index is 357. The fraction of sp³-hybridized carbons (Fsp3) is 0.846. The van der Waals surface area contributed by atoms with Crippen LogP contribution in [0.1, 0.15) is 32.6 Å². The molecule has 0 radical (unpaired) electrons. The second kappa shape index (κ2) is 5.77. The van der Waals surface area contributed by atoms with E-state index in [0.717, 1.165) is 12.8 Å². The largest absolute Gasteiger partial charge is 0.480 e. The van der Waals surface area contributed by atoms with Crippen LogP contribution in [0, 0.1) is 5.92 Å². The van der Waals surface area contributed by atoms with Crippen molar-refractivity contribution in [3.63, 3.8) is 0 Å². The van der Waals surface area contributed by atoms with Crippen molar-refractivity contribution in [2.75, 3.05) is 19.6 Å². The van der Waals surface area contributed by atoms with E-state index in [1.54, 1.807) is 4.90 Å². The van der Waals surface area contributed by atoms with Crippen molar-refractivity contribution in [3.8, 4) is 0 Å². The average Bonchev–Trinajstić information content (AvgIpc) is 2.69. The topological polar surface area (TPSA) is 81.1 Å². The van der Waals surface area contributed by atoms with E-state index in [1.165, 1.54) is 11.3 Å². The maximum Gasteiger partial charge on any atom is 0.326 e. The first-order chi connectivity index (χ1) is 9.02. The van der Waals surface area contributed by atoms with E-state index in [1.807, 2.05) is 6.92 Å². The summed E-state index contributed by atoms with van der Waals surface area (Å²) in [5.41, 5.74) is 0. The van der Waals surface area contributed by atoms with Gasteiger partial charge in [-0.3, -0.25) is 0 Å². The third-order valence-corrected chi connectivity index (χ3v) is 4.17. The molecular formula is C13H22N2O4. The number of carboxylic acids is 1. The molecule has 6 heteroatoms. The van der Waals surface area contributed by atoms with Gasteiger partial charge in [0.2, 0.25) is 0 Å². The van der Waals surface area contributed by atoms with Crippen molar-refractivity contribution >= 4 is 12.0 Å². The SMILES string of the molecule is CCN(CC1CCC1)C(=O)N1C[C@@H](O)C[C@H]1C(=O)O. The van der Waals surface area contributed by atoms with Crippen LogP contribution in [0.25, 0.3) is 0 Å². The molecular weight excluding hydrogens is 248 g/mol. The molecule has 0 aromatic carbocycles. The summed E-state index contributed by atoms with van der Waals surface area (Å²) in [6.07, 6.45) is 2.91. The molecule has 6 nitrogen and oxygen atoms in total. The van der Waals surface area contributed by atoms with Crippen LogP contribution in [0.15, 0.2) is 0 Å². The van der Waals surface area contributed by atoms with Crippen LogP contribution >= 0.6 is 0 Å². The van der Waals surface area contributed by atoms with Crippen LogP contribution < -0.4 is 0 Å². The number of β-amino-alcohol motifs (C(OH)–C–C–N with tert-alkyl or cyclic N) is 1. The van der Waals surface area contributed by atoms with Crippen molar-refractivity contribution in [1.82, 2.24) is 9.80 Å². The monoisotopic (exact) mass is 270 g/mol. The van der Waals surface area contributed by atoms with E-state index in [2.05, 4.69) is 0 Å². The number of hydrogen-bond acceptors (Lipinski definition) is 3. The number of nitrogens with zero attached hydrogens (tertiary/aromatic N) is 2. The summed E-state index contributed by atoms with van der Waals surface area (Å²) in [6, 6.07) is -1.14. The van der Waals surface area contributed by atoms with Crippen molar-refractivity contribution in [2.45, 2.75) is 44.8 Å². The van der Waals surface area contributed by atoms with Crippen LogP contribution in [0.4, 0.5) is 4.79 Å². The number of aliphatic hydroxyl groups is 1. The molecule has 0 aromatic heterocycles. The van der Waals surface area contributed by atoms with Crippen molar-refractivity contribution in [3.05, 3.63) is 0 Å². The van der Waals surface area contributed by atoms with E-state index in [-0.39, 0.29) is 19.0 Å². The number of carbonyl (C=O) groups excluding carboxylic acids is 1. The average molecular weight is 270 g/mol. The molecule has 0 unspecified atom stereocenters. The van der Waals surface area contributed by atoms with Gasteiger partial charge in [-0.25, -0.2) is 9.59 Å². The number of amides is 2. The summed E-state index contributed by atoms with van der Waals surface area (Å²) in [4.78, 5) is 26.5. The number of aliphatic carboxylic acids is 1. The molecule has 0 spiro atoms. The Morgan fingerprint density at radius 3 is 2.53 bits per heavy atom. The highest BCUT2D eigenvalue weighted by atomic mass is 16.4. The highest BCUT2D eigenvalue weighted by Gasteiger charge is 2.40. The number of urea groups is 1. The van der Waals surface area contributed by atoms with E-state index in [0.29, 0.717) is 19.0 Å². The fourth-order valence-electron chi connectivity index (χ4n) is 2.77. The quantitative estimate of drug-likeness (QED) is 0.790. The van der Waals surface area contributed by atoms with Gasteiger partial charge in [-0.15, -0.1) is 0 Å². The minimum absolute atomic E-state index is 0.122. The second-order valence-corrected chi connectivity index (χ2v) is 5.51. The zero-order chi connectivity index (χ0) is 14.0. The Labute approximate surface area is 113 Å². The Balaban J connectivity index is 2.00. The maximum atomic E-state index is 12.4. The summed E-state index contributed by atoms with van der Waals surface area (Å²) in [7, 11) is 0. The number of carbonyl (C=O) groups is 2. The van der Waals surface area contributed by atoms with E-state index >= 15 is 0 Å². The van der Waals surface area contributed by atoms with Crippen LogP contribution in [0.5, 0.6) is 0 Å². The molecule has 2 fully saturated rings. The number of hydrogen-bond donors (Lipinski definition) is 2. The third-order valence-electron chi connectivity index (χ3n) is 4.17. The van der Waals surface area contributed by atoms with Crippen molar-refractivity contribution in [2.24, 2.45) is 5.92 Å². The molecule has 1 saturated carbocycles. The van der Waals surface area contributed by atoms with Crippen molar-refractivity contribution in [1.29, 1.82) is 0 Å². The number of aliphatic hydroxyl groups excluding tert-OH is 1. The second-order valence-electron chi connectivity index (χ2n) is 5.51. The zero-order valence-corrected chi connectivity index (χ0v) is 11.3. The standard InChI is InChI=1S/C13H22N2O4/c1-2-14(7-9-4-3-5-9)13(19)15-8-10(16)6-11(15)12(17)18/h9-11,16H,2-8H2,1H3,(H,17,18)/t10-,11-/m0/s1. The predicted molar refractivity (Wildman–Crippen MR) is 68.7 cm³/mol. The Hall–Kier alpha value is -1.30. The third kappa shape index (κ3) is 3.00. The summed E-state index contributed by atoms with van der Waals surface area (Å²) < 4.78 is 0. The Kier molecular flexibility index (Phi) is 4.29. The van der Waals surface area contributed by atoms with Gasteiger partial charge in [-0.2, -0.15) is 0 Å². The predicted octanol–water partition coefficient (Wildman–Crippen LogP) is 0.748. The zero-order valence-electron chi connectivity index (χ0n) is 11.3. The number of carboxylic acid groups (broad SMARTS) is 1. The Morgan fingerprint density at radius 1 is 1.37 bits per heavy atom. The van der Waals surface area contributed by atoms with Crippen LogP contribution in [0.2, 0.25) is 0 Å². The molecule has 1 heterocycles. The first-order valence-corrected chi connectivity index (χ1v) is 6.99. The first kappa shape index (κ1) is 14.1. The van der Waals surface area contributed by atoms with Gasteiger partial charge in [0.25, 0.3) is 0 Å². The van der Waals surface area contributed by atoms with E-state index < -0.39 is 18.1 Å². The molecule has 2 atom stereocenters. The smallest absolute Gasteiger partial charge is 0.326 e. The van der Waals surface area contributed by atoms with E-state index in [9.17, 15) is 14.7 Å². The molecule has 0 aromatic rings. The van der Waals surface area contributed by atoms with Gasteiger partial charge in [-0.05, 0) is 25.7 Å². The molecule has 19 heavy (non-hydrogen) atoms. The maximum absolute atomic E-state index is 12.4. The van der Waals surface area contributed by atoms with Crippen LogP contribution in [-0.2, 0) is 4.79 Å². The van der Waals surface area contributed by atoms with Gasteiger partial charge in [0.05, 0.1) is 6.10 Å². The molecule has 1 saturated heterocycles. The molecule has 108 valence electrons. The lowest BCUT2D eigenvalue weighted by molar-refractivity contribution is -0.141. The molecule has 2 amide bonds. The van der Waals surface area contributed by atoms with Gasteiger partial charge in [0.15, 0.2) is 0 Å². The van der Waals surface area contributed by atoms with Gasteiger partial charge in [0.1, 0.15) is 6.04 Å². The first-order valence-electron chi connectivity index (χ1n) is 6.99.